The van der Waals surface area contributed by atoms with Gasteiger partial charge >= 0.3 is 0 Å². The Bertz CT molecular complexity index is 947. The van der Waals surface area contributed by atoms with Gasteiger partial charge in [-0.2, -0.15) is 0 Å². The second kappa shape index (κ2) is 4.87. The smallest absolute Gasteiger partial charge is 0.231 e. The van der Waals surface area contributed by atoms with Crippen molar-refractivity contribution in [2.75, 3.05) is 28.1 Å². The van der Waals surface area contributed by atoms with E-state index in [1.807, 2.05) is 12.1 Å². The number of hydrogen-bond donors (Lipinski definition) is 0. The van der Waals surface area contributed by atoms with Crippen molar-refractivity contribution < 1.29 is 33.3 Å². The van der Waals surface area contributed by atoms with Crippen LogP contribution >= 0.6 is 0 Å². The number of benzene rings is 1. The van der Waals surface area contributed by atoms with Crippen LogP contribution in [0.4, 0.5) is 0 Å². The molecule has 6 rings (SSSR count). The van der Waals surface area contributed by atoms with E-state index in [1.165, 1.54) is 14.2 Å². The van der Waals surface area contributed by atoms with E-state index in [1.54, 1.807) is 11.9 Å². The average Bonchev–Trinajstić information content (AvgIpc) is 3.33. The van der Waals surface area contributed by atoms with Crippen LogP contribution in [0.1, 0.15) is 36.5 Å². The van der Waals surface area contributed by atoms with Gasteiger partial charge in [0.15, 0.2) is 23.4 Å². The van der Waals surface area contributed by atoms with Crippen LogP contribution in [0.3, 0.4) is 0 Å². The first kappa shape index (κ1) is 16.8. The molecule has 0 unspecified atom stereocenters. The van der Waals surface area contributed by atoms with Crippen LogP contribution in [0, 0.1) is 0 Å². The molecule has 2 saturated heterocycles. The van der Waals surface area contributed by atoms with E-state index in [0.717, 1.165) is 11.1 Å². The standard InChI is InChI=1S/C20H21NO7/c1-21-16(23)8-18-6-12(22)17(24-2)20(25-3)19(18,21)7-15(28-20)10-4-13-14(5-11(10)18)27-9-26-13/h4-5,15,17H,6-9H2,1-3H3/t15-,17-,18+,19-,20-/m0/s1. The van der Waals surface area contributed by atoms with Crippen molar-refractivity contribution in [3.05, 3.63) is 23.3 Å². The number of nitrogens with zero attached hydrogens (tertiary/aromatic N) is 1. The maximum Gasteiger partial charge on any atom is 0.231 e. The second-order valence-electron chi connectivity index (χ2n) is 8.31. The van der Waals surface area contributed by atoms with Crippen LogP contribution < -0.4 is 9.47 Å². The van der Waals surface area contributed by atoms with Gasteiger partial charge in [-0.1, -0.05) is 0 Å². The van der Waals surface area contributed by atoms with Crippen LogP contribution in [-0.4, -0.2) is 62.1 Å². The Morgan fingerprint density at radius 3 is 2.61 bits per heavy atom. The number of methoxy groups -OCH3 is 2. The Balaban J connectivity index is 1.71. The van der Waals surface area contributed by atoms with Gasteiger partial charge in [0.1, 0.15) is 5.54 Å². The highest BCUT2D eigenvalue weighted by molar-refractivity contribution is 5.94. The van der Waals surface area contributed by atoms with Crippen LogP contribution in [0.5, 0.6) is 11.5 Å². The van der Waals surface area contributed by atoms with E-state index in [9.17, 15) is 9.59 Å². The van der Waals surface area contributed by atoms with Crippen molar-refractivity contribution >= 4 is 11.7 Å². The lowest BCUT2D eigenvalue weighted by Gasteiger charge is -2.58. The number of carbonyl (C=O) groups is 2. The van der Waals surface area contributed by atoms with Gasteiger partial charge in [0.2, 0.25) is 18.5 Å². The molecule has 5 atom stereocenters. The fraction of sp³-hybridized carbons (Fsp3) is 0.600. The van der Waals surface area contributed by atoms with Gasteiger partial charge in [-0.25, -0.2) is 0 Å². The highest BCUT2D eigenvalue weighted by Crippen LogP contribution is 2.72. The molecule has 0 aromatic heterocycles. The number of Topliss-reactive ketones (excluding diaryl/α,β-unsaturated/α-hetero) is 1. The number of ketones is 1. The van der Waals surface area contributed by atoms with E-state index in [-0.39, 0.29) is 37.4 Å². The van der Waals surface area contributed by atoms with Crippen molar-refractivity contribution in [3.63, 3.8) is 0 Å². The number of carbonyl (C=O) groups excluding carboxylic acids is 2. The third-order valence-electron chi connectivity index (χ3n) is 7.63. The minimum Gasteiger partial charge on any atom is -0.454 e. The Morgan fingerprint density at radius 1 is 1.14 bits per heavy atom. The van der Waals surface area contributed by atoms with Gasteiger partial charge in [-0.15, -0.1) is 0 Å². The first-order chi connectivity index (χ1) is 13.4. The van der Waals surface area contributed by atoms with Gasteiger partial charge in [-0.3, -0.25) is 9.59 Å². The van der Waals surface area contributed by atoms with Crippen LogP contribution in [0.2, 0.25) is 0 Å². The molecule has 1 aromatic carbocycles. The molecule has 0 N–H and O–H groups in total. The Morgan fingerprint density at radius 2 is 1.89 bits per heavy atom. The van der Waals surface area contributed by atoms with E-state index in [0.29, 0.717) is 17.9 Å². The fourth-order valence-corrected chi connectivity index (χ4v) is 6.64. The molecule has 5 aliphatic rings. The quantitative estimate of drug-likeness (QED) is 0.750. The molecule has 3 heterocycles. The number of likely N-dealkylation sites (N-methyl/N-ethyl adjacent to an activating group) is 1. The third kappa shape index (κ3) is 1.44. The molecule has 1 saturated carbocycles. The molecule has 8 heteroatoms. The monoisotopic (exact) mass is 387 g/mol. The molecule has 1 aromatic rings. The molecule has 1 amide bonds. The minimum absolute atomic E-state index is 0.0271. The van der Waals surface area contributed by atoms with Gasteiger partial charge < -0.3 is 28.6 Å². The Kier molecular flexibility index (Phi) is 2.92. The maximum atomic E-state index is 13.2. The van der Waals surface area contributed by atoms with Gasteiger partial charge in [0.25, 0.3) is 0 Å². The van der Waals surface area contributed by atoms with E-state index >= 15 is 0 Å². The predicted molar refractivity (Wildman–Crippen MR) is 93.0 cm³/mol. The number of fused-ring (bicyclic) bond motifs is 4. The molecule has 3 aliphatic heterocycles. The van der Waals surface area contributed by atoms with Crippen LogP contribution in [0.25, 0.3) is 0 Å². The molecule has 0 radical (unpaired) electrons. The lowest BCUT2D eigenvalue weighted by molar-refractivity contribution is -0.308. The average molecular weight is 387 g/mol. The Labute approximate surface area is 161 Å². The topological polar surface area (TPSA) is 83.5 Å². The first-order valence-electron chi connectivity index (χ1n) is 9.43. The first-order valence-corrected chi connectivity index (χ1v) is 9.43. The molecule has 28 heavy (non-hydrogen) atoms. The number of rotatable bonds is 2. The SMILES string of the molecule is CO[C@H]1C(=O)C[C@]23CC(=O)N(C)[C@@]24C[C@H](O[C@@]14OC)c1cc2c(cc13)OCO2. The summed E-state index contributed by atoms with van der Waals surface area (Å²) >= 11 is 0. The zero-order valence-electron chi connectivity index (χ0n) is 15.9. The minimum atomic E-state index is -1.37. The predicted octanol–water partition coefficient (Wildman–Crippen LogP) is 1.06. The number of likely N-dealkylation sites (tertiary alicyclic amines) is 1. The lowest BCUT2D eigenvalue weighted by atomic mass is 9.51. The molecular weight excluding hydrogens is 366 g/mol. The summed E-state index contributed by atoms with van der Waals surface area (Å²) in [6.07, 6.45) is -0.287. The fourth-order valence-electron chi connectivity index (χ4n) is 6.64. The lowest BCUT2D eigenvalue weighted by Crippen LogP contribution is -2.77. The summed E-state index contributed by atoms with van der Waals surface area (Å²) in [6, 6.07) is 3.86. The zero-order valence-corrected chi connectivity index (χ0v) is 15.9. The summed E-state index contributed by atoms with van der Waals surface area (Å²) in [5.41, 5.74) is 0.273. The molecule has 148 valence electrons. The van der Waals surface area contributed by atoms with Gasteiger partial charge in [0, 0.05) is 45.9 Å². The molecule has 3 fully saturated rings. The summed E-state index contributed by atoms with van der Waals surface area (Å²) in [4.78, 5) is 28.0. The number of hydrogen-bond acceptors (Lipinski definition) is 7. The summed E-state index contributed by atoms with van der Waals surface area (Å²) in [5, 5.41) is 0. The number of ether oxygens (including phenoxy) is 5. The molecule has 8 nitrogen and oxygen atoms in total. The summed E-state index contributed by atoms with van der Waals surface area (Å²) < 4.78 is 29.3. The molecular formula is C20H21NO7. The van der Waals surface area contributed by atoms with Gasteiger partial charge in [-0.05, 0) is 23.3 Å². The largest absolute Gasteiger partial charge is 0.454 e. The highest BCUT2D eigenvalue weighted by atomic mass is 16.7. The second-order valence-corrected chi connectivity index (χ2v) is 8.31. The van der Waals surface area contributed by atoms with Crippen LogP contribution in [0.15, 0.2) is 12.1 Å². The van der Waals surface area contributed by atoms with Crippen LogP contribution in [-0.2, 0) is 29.2 Å². The van der Waals surface area contributed by atoms with E-state index < -0.39 is 22.8 Å². The van der Waals surface area contributed by atoms with Crippen molar-refractivity contribution in [1.82, 2.24) is 4.90 Å². The van der Waals surface area contributed by atoms with Crippen molar-refractivity contribution in [1.29, 1.82) is 0 Å². The molecule has 1 spiro atoms. The molecule has 2 bridgehead atoms. The summed E-state index contributed by atoms with van der Waals surface area (Å²) in [7, 11) is 4.79. The van der Waals surface area contributed by atoms with E-state index in [2.05, 4.69) is 0 Å². The number of amides is 1. The van der Waals surface area contributed by atoms with Gasteiger partial charge in [0.05, 0.1) is 6.10 Å². The Hall–Kier alpha value is -2.16. The molecule has 2 aliphatic carbocycles. The normalized spacial score (nSPS) is 42.0. The van der Waals surface area contributed by atoms with Crippen molar-refractivity contribution in [2.24, 2.45) is 0 Å². The van der Waals surface area contributed by atoms with Crippen molar-refractivity contribution in [2.45, 2.75) is 48.2 Å². The summed E-state index contributed by atoms with van der Waals surface area (Å²) in [6.45, 7) is 0.160. The third-order valence-corrected chi connectivity index (χ3v) is 7.63. The highest BCUT2D eigenvalue weighted by Gasteiger charge is 2.84. The summed E-state index contributed by atoms with van der Waals surface area (Å²) in [5.74, 6) is -0.217. The van der Waals surface area contributed by atoms with E-state index in [4.69, 9.17) is 23.7 Å². The zero-order chi connectivity index (χ0) is 19.5. The van der Waals surface area contributed by atoms with Crippen molar-refractivity contribution in [3.8, 4) is 11.5 Å². The maximum absolute atomic E-state index is 13.2.